The number of hydrogen-bond acceptors (Lipinski definition) is 11. The maximum atomic E-state index is 14.0. The number of ether oxygens (including phenoxy) is 2. The zero-order valence-corrected chi connectivity index (χ0v) is 21.1. The van der Waals surface area contributed by atoms with Gasteiger partial charge in [-0.1, -0.05) is 0 Å². The fourth-order valence-corrected chi connectivity index (χ4v) is 3.75. The Balaban J connectivity index is 2.11. The molecular weight excluding hydrogens is 472 g/mol. The van der Waals surface area contributed by atoms with E-state index >= 15 is 0 Å². The number of anilines is 2. The number of halogens is 1. The lowest BCUT2D eigenvalue weighted by atomic mass is 10.2. The highest BCUT2D eigenvalue weighted by Crippen LogP contribution is 2.27. The molecule has 0 aliphatic carbocycles. The maximum absolute atomic E-state index is 14.0. The topological polar surface area (TPSA) is 167 Å². The normalized spacial score (nSPS) is 16.3. The minimum absolute atomic E-state index is 0.0271. The number of aromatic nitrogens is 4. The number of nitrogen functional groups attached to an aromatic ring is 1. The van der Waals surface area contributed by atoms with Crippen LogP contribution in [0.5, 0.6) is 0 Å². The van der Waals surface area contributed by atoms with Crippen LogP contribution < -0.4 is 15.7 Å². The van der Waals surface area contributed by atoms with E-state index in [0.717, 1.165) is 0 Å². The van der Waals surface area contributed by atoms with Crippen LogP contribution in [0.25, 0.3) is 11.2 Å². The largest absolute Gasteiger partial charge is 0.462 e. The van der Waals surface area contributed by atoms with Crippen molar-refractivity contribution in [1.82, 2.24) is 24.6 Å². The van der Waals surface area contributed by atoms with Crippen molar-refractivity contribution < 1.29 is 32.9 Å². The van der Waals surface area contributed by atoms with Crippen LogP contribution in [-0.4, -0.2) is 82.3 Å². The van der Waals surface area contributed by atoms with Crippen LogP contribution in [0.3, 0.4) is 0 Å². The second-order valence-corrected chi connectivity index (χ2v) is 9.25. The molecule has 0 fully saturated rings. The molecule has 5 atom stereocenters. The van der Waals surface area contributed by atoms with Crippen LogP contribution in [0, 0.1) is 0 Å². The summed E-state index contributed by atoms with van der Waals surface area (Å²) in [7, 11) is 0.613. The van der Waals surface area contributed by atoms with E-state index in [0.29, 0.717) is 11.3 Å². The van der Waals surface area contributed by atoms with Gasteiger partial charge in [0.25, 0.3) is 8.18 Å². The van der Waals surface area contributed by atoms with E-state index in [2.05, 4.69) is 20.0 Å². The Morgan fingerprint density at radius 3 is 2.56 bits per heavy atom. The average molecular weight is 505 g/mol. The molecule has 0 radical (unpaired) electrons. The first-order chi connectivity index (χ1) is 15.9. The van der Waals surface area contributed by atoms with Gasteiger partial charge in [-0.15, -0.1) is 0 Å². The molecule has 34 heavy (non-hydrogen) atoms. The van der Waals surface area contributed by atoms with Crippen molar-refractivity contribution in [2.75, 3.05) is 38.0 Å². The van der Waals surface area contributed by atoms with Gasteiger partial charge >= 0.3 is 5.97 Å². The van der Waals surface area contributed by atoms with Crippen LogP contribution in [0.15, 0.2) is 6.33 Å². The number of nitrogens with one attached hydrogen (secondary N) is 1. The summed E-state index contributed by atoms with van der Waals surface area (Å²) in [5, 5.41) is 12.6. The molecule has 15 heteroatoms. The number of hydrogen-bond donors (Lipinski definition) is 3. The Labute approximate surface area is 197 Å². The van der Waals surface area contributed by atoms with Crippen molar-refractivity contribution in [2.24, 2.45) is 0 Å². The highest BCUT2D eigenvalue weighted by molar-refractivity contribution is 7.36. The number of carbonyl (C=O) groups excluding carboxylic acids is 1. The van der Waals surface area contributed by atoms with Gasteiger partial charge in [-0.25, -0.2) is 14.5 Å². The molecule has 2 unspecified atom stereocenters. The lowest BCUT2D eigenvalue weighted by Crippen LogP contribution is -2.36. The fraction of sp³-hybridized carbons (Fsp3) is 0.684. The van der Waals surface area contributed by atoms with Gasteiger partial charge < -0.3 is 29.7 Å². The molecule has 0 saturated heterocycles. The number of alkyl halides is 1. The molecule has 192 valence electrons. The summed E-state index contributed by atoms with van der Waals surface area (Å²) in [5.41, 5.74) is 6.43. The molecule has 4 N–H and O–H groups in total. The van der Waals surface area contributed by atoms with Crippen LogP contribution in [0.2, 0.25) is 0 Å². The Bertz CT molecular complexity index is 989. The van der Waals surface area contributed by atoms with Gasteiger partial charge in [0.2, 0.25) is 5.95 Å². The Hall–Kier alpha value is -2.38. The van der Waals surface area contributed by atoms with Crippen LogP contribution in [0.1, 0.15) is 33.9 Å². The van der Waals surface area contributed by atoms with Crippen molar-refractivity contribution in [2.45, 2.75) is 58.3 Å². The number of rotatable bonds is 13. The SMILES string of the molecule is CC(C)OC(=O)[C@H](C)N[PH](=O)OCC(O[C@H](CF)n1cnc2c(N(C)C)nc(N)nc21)[C@H](C)O. The third-order valence-corrected chi connectivity index (χ3v) is 5.67. The highest BCUT2D eigenvalue weighted by Gasteiger charge is 2.27. The molecule has 2 aromatic rings. The Kier molecular flexibility index (Phi) is 10.1. The van der Waals surface area contributed by atoms with Gasteiger partial charge in [0.1, 0.15) is 18.8 Å². The second-order valence-electron chi connectivity index (χ2n) is 8.10. The first-order valence-electron chi connectivity index (χ1n) is 10.6. The summed E-state index contributed by atoms with van der Waals surface area (Å²) in [4.78, 5) is 26.1. The van der Waals surface area contributed by atoms with Gasteiger partial charge in [0.05, 0.1) is 25.1 Å². The number of aliphatic hydroxyl groups excluding tert-OH is 1. The standard InChI is InChI=1S/C19H33FN7O6P/c1-10(2)32-18(29)11(3)25-34(30)31-8-13(12(4)28)33-14(7-20)27-9-22-15-16(26(5)6)23-19(21)24-17(15)27/h9-14,28,34H,7-8H2,1-6H3,(H,25,30)(H2,21,23,24)/t11-,12-,13?,14+/m0/s1. The van der Waals surface area contributed by atoms with E-state index in [1.54, 1.807) is 32.8 Å². The molecule has 0 aliphatic heterocycles. The highest BCUT2D eigenvalue weighted by atomic mass is 31.1. The first kappa shape index (κ1) is 27.9. The second kappa shape index (κ2) is 12.4. The third-order valence-electron chi connectivity index (χ3n) is 4.57. The van der Waals surface area contributed by atoms with E-state index in [-0.39, 0.29) is 24.3 Å². The molecule has 2 rings (SSSR count). The molecule has 2 aromatic heterocycles. The van der Waals surface area contributed by atoms with Crippen molar-refractivity contribution >= 4 is 37.1 Å². The minimum Gasteiger partial charge on any atom is -0.462 e. The summed E-state index contributed by atoms with van der Waals surface area (Å²) in [6.07, 6.45) is -2.37. The van der Waals surface area contributed by atoms with Gasteiger partial charge in [-0.05, 0) is 27.7 Å². The monoisotopic (exact) mass is 505 g/mol. The first-order valence-corrected chi connectivity index (χ1v) is 12.0. The quantitative estimate of drug-likeness (QED) is 0.262. The van der Waals surface area contributed by atoms with E-state index in [9.17, 15) is 18.9 Å². The van der Waals surface area contributed by atoms with Crippen molar-refractivity contribution in [3.63, 3.8) is 0 Å². The van der Waals surface area contributed by atoms with Gasteiger partial charge in [-0.2, -0.15) is 9.97 Å². The molecule has 0 saturated carbocycles. The van der Waals surface area contributed by atoms with Crippen LogP contribution in [-0.2, 0) is 23.4 Å². The fourth-order valence-electron chi connectivity index (χ4n) is 2.88. The van der Waals surface area contributed by atoms with Crippen molar-refractivity contribution in [3.05, 3.63) is 6.33 Å². The molecule has 13 nitrogen and oxygen atoms in total. The minimum atomic E-state index is -2.89. The number of carbonyl (C=O) groups is 1. The molecule has 0 spiro atoms. The predicted molar refractivity (Wildman–Crippen MR) is 124 cm³/mol. The molecule has 2 heterocycles. The number of fused-ring (bicyclic) bond motifs is 1. The Morgan fingerprint density at radius 1 is 1.32 bits per heavy atom. The zero-order valence-electron chi connectivity index (χ0n) is 20.1. The summed E-state index contributed by atoms with van der Waals surface area (Å²) in [5.74, 6) is -0.159. The predicted octanol–water partition coefficient (Wildman–Crippen LogP) is 1.04. The van der Waals surface area contributed by atoms with E-state index < -0.39 is 45.3 Å². The number of imidazole rings is 1. The van der Waals surface area contributed by atoms with Gasteiger partial charge in [0, 0.05) is 14.1 Å². The summed E-state index contributed by atoms with van der Waals surface area (Å²) < 4.78 is 43.6. The lowest BCUT2D eigenvalue weighted by molar-refractivity contribution is -0.149. The van der Waals surface area contributed by atoms with E-state index in [1.165, 1.54) is 24.7 Å². The molecular formula is C19H33FN7O6P. The van der Waals surface area contributed by atoms with Gasteiger partial charge in [0.15, 0.2) is 23.2 Å². The summed E-state index contributed by atoms with van der Waals surface area (Å²) in [6.45, 7) is 4.98. The van der Waals surface area contributed by atoms with E-state index in [1.807, 2.05) is 0 Å². The molecule has 0 amide bonds. The summed E-state index contributed by atoms with van der Waals surface area (Å²) >= 11 is 0. The number of esters is 1. The molecule has 0 bridgehead atoms. The number of nitrogens with two attached hydrogens (primary N) is 1. The van der Waals surface area contributed by atoms with Crippen LogP contribution in [0.4, 0.5) is 16.2 Å². The summed E-state index contributed by atoms with van der Waals surface area (Å²) in [6, 6.07) is -0.869. The van der Waals surface area contributed by atoms with Gasteiger partial charge in [-0.3, -0.25) is 13.9 Å². The third kappa shape index (κ3) is 7.31. The zero-order chi connectivity index (χ0) is 25.6. The average Bonchev–Trinajstić information content (AvgIpc) is 3.15. The van der Waals surface area contributed by atoms with E-state index in [4.69, 9.17) is 19.7 Å². The van der Waals surface area contributed by atoms with Crippen LogP contribution >= 0.6 is 8.18 Å². The Morgan fingerprint density at radius 2 is 2.00 bits per heavy atom. The van der Waals surface area contributed by atoms with Crippen molar-refractivity contribution in [3.8, 4) is 0 Å². The lowest BCUT2D eigenvalue weighted by Gasteiger charge is -2.26. The van der Waals surface area contributed by atoms with Crippen molar-refractivity contribution in [1.29, 1.82) is 0 Å². The smallest absolute Gasteiger partial charge is 0.323 e. The maximum Gasteiger partial charge on any atom is 0.323 e. The molecule has 0 aromatic carbocycles. The molecule has 0 aliphatic rings. The number of aliphatic hydroxyl groups is 1. The number of nitrogens with zero attached hydrogens (tertiary/aromatic N) is 5.